The molecular formula is C7H8N4. The summed E-state index contributed by atoms with van der Waals surface area (Å²) in [4.78, 5) is 3.78. The molecule has 0 bridgehead atoms. The first kappa shape index (κ1) is 7.40. The molecule has 0 saturated heterocycles. The van der Waals surface area contributed by atoms with E-state index in [0.29, 0.717) is 0 Å². The quantitative estimate of drug-likeness (QED) is 0.603. The van der Waals surface area contributed by atoms with Gasteiger partial charge in [-0.1, -0.05) is 6.07 Å². The molecule has 0 aliphatic heterocycles. The maximum atomic E-state index is 3.78. The zero-order valence-electron chi connectivity index (χ0n) is 5.88. The maximum absolute atomic E-state index is 3.78. The first-order chi connectivity index (χ1) is 5.50. The van der Waals surface area contributed by atoms with Crippen LogP contribution in [0.25, 0.3) is 0 Å². The van der Waals surface area contributed by atoms with E-state index in [9.17, 15) is 0 Å². The summed E-state index contributed by atoms with van der Waals surface area (Å²) in [5, 5.41) is 9.33. The number of nitrogens with zero attached hydrogens (tertiary/aromatic N) is 3. The molecule has 4 nitrogen and oxygen atoms in total. The molecule has 0 fully saturated rings. The number of hydrogen-bond acceptors (Lipinski definition) is 3. The second-order valence-electron chi connectivity index (χ2n) is 1.68. The van der Waals surface area contributed by atoms with E-state index in [2.05, 4.69) is 20.4 Å². The molecule has 2 rings (SSSR count). The number of rotatable bonds is 0. The molecule has 0 radical (unpaired) electrons. The van der Waals surface area contributed by atoms with Crippen LogP contribution in [0, 0.1) is 0 Å². The smallest absolute Gasteiger partial charge is 0.0690 e. The fraction of sp³-hybridized carbons (Fsp3) is 0. The van der Waals surface area contributed by atoms with Crippen LogP contribution in [0.3, 0.4) is 0 Å². The summed E-state index contributed by atoms with van der Waals surface area (Å²) in [6, 6.07) is 5.72. The van der Waals surface area contributed by atoms with Crippen molar-refractivity contribution in [1.29, 1.82) is 0 Å². The summed E-state index contributed by atoms with van der Waals surface area (Å²) >= 11 is 0. The number of H-pyrrole nitrogens is 1. The van der Waals surface area contributed by atoms with Gasteiger partial charge in [0.05, 0.1) is 12.4 Å². The van der Waals surface area contributed by atoms with Crippen molar-refractivity contribution in [2.24, 2.45) is 0 Å². The fourth-order valence-corrected chi connectivity index (χ4v) is 0.479. The zero-order chi connectivity index (χ0) is 7.78. The van der Waals surface area contributed by atoms with Crippen LogP contribution in [0.15, 0.2) is 43.0 Å². The van der Waals surface area contributed by atoms with Gasteiger partial charge in [0.1, 0.15) is 0 Å². The normalized spacial score (nSPS) is 8.00. The van der Waals surface area contributed by atoms with Crippen molar-refractivity contribution in [1.82, 2.24) is 20.4 Å². The molecule has 0 amide bonds. The third-order valence-electron chi connectivity index (χ3n) is 0.898. The monoisotopic (exact) mass is 148 g/mol. The van der Waals surface area contributed by atoms with Crippen LogP contribution in [0.1, 0.15) is 0 Å². The average Bonchev–Trinajstić information content (AvgIpc) is 2.64. The van der Waals surface area contributed by atoms with Crippen molar-refractivity contribution >= 4 is 0 Å². The standard InChI is InChI=1S/C5H5N.C2H3N3/c1-2-4-6-5-3-1;1-2-4-5-3-1/h1-5H;1-2H,(H,3,4,5). The van der Waals surface area contributed by atoms with E-state index < -0.39 is 0 Å². The first-order valence-corrected chi connectivity index (χ1v) is 3.15. The molecule has 0 aromatic carbocycles. The molecule has 4 heteroatoms. The van der Waals surface area contributed by atoms with Crippen LogP contribution in [0.4, 0.5) is 0 Å². The largest absolute Gasteiger partial charge is 0.265 e. The number of aromatic nitrogens is 4. The maximum Gasteiger partial charge on any atom is 0.0690 e. The highest BCUT2D eigenvalue weighted by molar-refractivity contribution is 4.88. The Hall–Kier alpha value is -1.71. The highest BCUT2D eigenvalue weighted by Gasteiger charge is 1.58. The number of pyridine rings is 1. The minimum atomic E-state index is 1.58. The summed E-state index contributed by atoms with van der Waals surface area (Å²) in [6.45, 7) is 0. The summed E-state index contributed by atoms with van der Waals surface area (Å²) in [6.07, 6.45) is 6.67. The molecule has 0 aliphatic rings. The summed E-state index contributed by atoms with van der Waals surface area (Å²) in [5.41, 5.74) is 0. The molecule has 56 valence electrons. The molecule has 0 spiro atoms. The lowest BCUT2D eigenvalue weighted by Crippen LogP contribution is -1.61. The SMILES string of the molecule is c1ccncc1.c1cn[nH]n1. The zero-order valence-corrected chi connectivity index (χ0v) is 5.88. The summed E-state index contributed by atoms with van der Waals surface area (Å²) in [5.74, 6) is 0. The minimum Gasteiger partial charge on any atom is -0.265 e. The highest BCUT2D eigenvalue weighted by atomic mass is 15.3. The molecule has 0 saturated carbocycles. The third kappa shape index (κ3) is 3.80. The molecule has 0 atom stereocenters. The Morgan fingerprint density at radius 3 is 1.55 bits per heavy atom. The van der Waals surface area contributed by atoms with Crippen LogP contribution in [-0.2, 0) is 0 Å². The summed E-state index contributed by atoms with van der Waals surface area (Å²) in [7, 11) is 0. The molecule has 0 unspecified atom stereocenters. The van der Waals surface area contributed by atoms with Crippen molar-refractivity contribution in [3.8, 4) is 0 Å². The van der Waals surface area contributed by atoms with Crippen LogP contribution in [0.2, 0.25) is 0 Å². The lowest BCUT2D eigenvalue weighted by molar-refractivity contribution is 0.940. The van der Waals surface area contributed by atoms with Gasteiger partial charge in [-0.15, -0.1) is 0 Å². The van der Waals surface area contributed by atoms with Crippen LogP contribution < -0.4 is 0 Å². The molecule has 0 aliphatic carbocycles. The second-order valence-corrected chi connectivity index (χ2v) is 1.68. The first-order valence-electron chi connectivity index (χ1n) is 3.15. The van der Waals surface area contributed by atoms with E-state index in [1.807, 2.05) is 18.2 Å². The second kappa shape index (κ2) is 5.10. The van der Waals surface area contributed by atoms with E-state index in [1.54, 1.807) is 24.8 Å². The topological polar surface area (TPSA) is 54.5 Å². The highest BCUT2D eigenvalue weighted by Crippen LogP contribution is 1.73. The Morgan fingerprint density at radius 1 is 0.727 bits per heavy atom. The fourth-order valence-electron chi connectivity index (χ4n) is 0.479. The third-order valence-corrected chi connectivity index (χ3v) is 0.898. The van der Waals surface area contributed by atoms with Gasteiger partial charge in [-0.3, -0.25) is 4.98 Å². The number of hydrogen-bond donors (Lipinski definition) is 1. The van der Waals surface area contributed by atoms with Gasteiger partial charge in [0.2, 0.25) is 0 Å². The molecule has 2 aromatic rings. The van der Waals surface area contributed by atoms with E-state index in [1.165, 1.54) is 0 Å². The minimum absolute atomic E-state index is 1.58. The van der Waals surface area contributed by atoms with Crippen molar-refractivity contribution in [3.05, 3.63) is 43.0 Å². The number of aromatic amines is 1. The van der Waals surface area contributed by atoms with Gasteiger partial charge in [-0.2, -0.15) is 15.4 Å². The van der Waals surface area contributed by atoms with E-state index >= 15 is 0 Å². The Labute approximate surface area is 64.3 Å². The number of nitrogens with one attached hydrogen (secondary N) is 1. The molecule has 2 heterocycles. The van der Waals surface area contributed by atoms with Gasteiger partial charge < -0.3 is 0 Å². The average molecular weight is 148 g/mol. The molecule has 1 N–H and O–H groups in total. The van der Waals surface area contributed by atoms with Gasteiger partial charge in [-0.25, -0.2) is 0 Å². The van der Waals surface area contributed by atoms with Gasteiger partial charge in [-0.05, 0) is 12.1 Å². The van der Waals surface area contributed by atoms with Crippen molar-refractivity contribution < 1.29 is 0 Å². The van der Waals surface area contributed by atoms with Gasteiger partial charge >= 0.3 is 0 Å². The van der Waals surface area contributed by atoms with Crippen LogP contribution in [0.5, 0.6) is 0 Å². The molecular weight excluding hydrogens is 140 g/mol. The van der Waals surface area contributed by atoms with Crippen molar-refractivity contribution in [3.63, 3.8) is 0 Å². The Morgan fingerprint density at radius 2 is 1.36 bits per heavy atom. The Balaban J connectivity index is 0.000000112. The van der Waals surface area contributed by atoms with Gasteiger partial charge in [0, 0.05) is 12.4 Å². The molecule has 11 heavy (non-hydrogen) atoms. The van der Waals surface area contributed by atoms with E-state index in [0.717, 1.165) is 0 Å². The van der Waals surface area contributed by atoms with Crippen LogP contribution in [-0.4, -0.2) is 20.4 Å². The van der Waals surface area contributed by atoms with E-state index in [-0.39, 0.29) is 0 Å². The van der Waals surface area contributed by atoms with Gasteiger partial charge in [0.15, 0.2) is 0 Å². The van der Waals surface area contributed by atoms with Crippen molar-refractivity contribution in [2.45, 2.75) is 0 Å². The Bertz CT molecular complexity index is 196. The van der Waals surface area contributed by atoms with Crippen LogP contribution >= 0.6 is 0 Å². The Kier molecular flexibility index (Phi) is 3.43. The van der Waals surface area contributed by atoms with E-state index in [4.69, 9.17) is 0 Å². The lowest BCUT2D eigenvalue weighted by atomic mass is 10.5. The predicted molar refractivity (Wildman–Crippen MR) is 40.6 cm³/mol. The van der Waals surface area contributed by atoms with Crippen molar-refractivity contribution in [2.75, 3.05) is 0 Å². The summed E-state index contributed by atoms with van der Waals surface area (Å²) < 4.78 is 0. The molecule has 2 aromatic heterocycles. The van der Waals surface area contributed by atoms with Gasteiger partial charge in [0.25, 0.3) is 0 Å². The predicted octanol–water partition coefficient (Wildman–Crippen LogP) is 0.886. The lowest BCUT2D eigenvalue weighted by Gasteiger charge is -1.70.